The van der Waals surface area contributed by atoms with Crippen LogP contribution in [0.25, 0.3) is 0 Å². The third kappa shape index (κ3) is 2.69. The van der Waals surface area contributed by atoms with Crippen molar-refractivity contribution < 1.29 is 4.39 Å². The summed E-state index contributed by atoms with van der Waals surface area (Å²) in [6.45, 7) is 3.47. The molecule has 0 spiro atoms. The minimum Gasteiger partial charge on any atom is -0.321 e. The zero-order valence-electron chi connectivity index (χ0n) is 6.84. The summed E-state index contributed by atoms with van der Waals surface area (Å²) in [5.41, 5.74) is 5.92. The average molecular weight is 222 g/mol. The van der Waals surface area contributed by atoms with Crippen LogP contribution in [0.15, 0.2) is 30.9 Å². The number of nitrogens with two attached hydrogens (primary N) is 1. The molecule has 13 heavy (non-hydrogen) atoms. The van der Waals surface area contributed by atoms with Gasteiger partial charge in [0.1, 0.15) is 5.82 Å². The lowest BCUT2D eigenvalue weighted by atomic mass is 10.1. The molecule has 1 aromatic carbocycles. The summed E-state index contributed by atoms with van der Waals surface area (Å²) in [6, 6.07) is 4.23. The second-order valence-corrected chi connectivity index (χ2v) is 2.81. The Balaban J connectivity index is 0.00000144. The van der Waals surface area contributed by atoms with Crippen LogP contribution in [0.1, 0.15) is 11.6 Å². The van der Waals surface area contributed by atoms with E-state index >= 15 is 0 Å². The maximum Gasteiger partial charge on any atom is 0.146 e. The average Bonchev–Trinajstić information content (AvgIpc) is 2.08. The van der Waals surface area contributed by atoms with E-state index < -0.39 is 11.9 Å². The van der Waals surface area contributed by atoms with Gasteiger partial charge in [-0.25, -0.2) is 4.39 Å². The molecule has 0 saturated heterocycles. The van der Waals surface area contributed by atoms with Crippen molar-refractivity contribution in [2.45, 2.75) is 6.04 Å². The van der Waals surface area contributed by atoms with Crippen LogP contribution in [0.2, 0.25) is 5.02 Å². The molecule has 0 bridgehead atoms. The molecule has 0 unspecified atom stereocenters. The molecule has 0 aliphatic rings. The van der Waals surface area contributed by atoms with E-state index in [2.05, 4.69) is 6.58 Å². The lowest BCUT2D eigenvalue weighted by Gasteiger charge is -2.07. The Morgan fingerprint density at radius 1 is 1.54 bits per heavy atom. The van der Waals surface area contributed by atoms with Crippen LogP contribution in [-0.2, 0) is 0 Å². The molecule has 0 radical (unpaired) electrons. The fraction of sp³-hybridized carbons (Fsp3) is 0.111. The van der Waals surface area contributed by atoms with E-state index in [0.717, 1.165) is 0 Å². The second-order valence-electron chi connectivity index (χ2n) is 2.40. The van der Waals surface area contributed by atoms with Crippen molar-refractivity contribution in [2.24, 2.45) is 5.73 Å². The highest BCUT2D eigenvalue weighted by atomic mass is 35.5. The summed E-state index contributed by atoms with van der Waals surface area (Å²) in [6.07, 6.45) is 1.47. The SMILES string of the molecule is C=C[C@@H](N)c1cccc(Cl)c1F.Cl. The lowest BCUT2D eigenvalue weighted by Crippen LogP contribution is -2.08. The maximum absolute atomic E-state index is 13.2. The third-order valence-electron chi connectivity index (χ3n) is 1.59. The molecule has 0 saturated carbocycles. The minimum atomic E-state index is -0.497. The van der Waals surface area contributed by atoms with E-state index in [-0.39, 0.29) is 17.4 Å². The lowest BCUT2D eigenvalue weighted by molar-refractivity contribution is 0.603. The highest BCUT2D eigenvalue weighted by molar-refractivity contribution is 6.30. The number of rotatable bonds is 2. The Bertz CT molecular complexity index is 302. The Labute approximate surface area is 87.8 Å². The molecular formula is C9H10Cl2FN. The van der Waals surface area contributed by atoms with Crippen molar-refractivity contribution in [3.63, 3.8) is 0 Å². The summed E-state index contributed by atoms with van der Waals surface area (Å²) < 4.78 is 13.2. The van der Waals surface area contributed by atoms with Gasteiger partial charge in [0, 0.05) is 5.56 Å². The Kier molecular flexibility index (Phi) is 4.99. The molecular weight excluding hydrogens is 212 g/mol. The Hall–Kier alpha value is -0.570. The van der Waals surface area contributed by atoms with E-state index in [1.165, 1.54) is 12.1 Å². The van der Waals surface area contributed by atoms with Gasteiger partial charge in [-0.05, 0) is 6.07 Å². The van der Waals surface area contributed by atoms with Crippen LogP contribution in [0.4, 0.5) is 4.39 Å². The molecule has 0 aromatic heterocycles. The van der Waals surface area contributed by atoms with Gasteiger partial charge < -0.3 is 5.73 Å². The molecule has 0 amide bonds. The third-order valence-corrected chi connectivity index (χ3v) is 1.89. The van der Waals surface area contributed by atoms with Gasteiger partial charge >= 0.3 is 0 Å². The molecule has 0 aliphatic heterocycles. The summed E-state index contributed by atoms with van der Waals surface area (Å²) in [5, 5.41) is 0.0878. The van der Waals surface area contributed by atoms with Gasteiger partial charge in [-0.2, -0.15) is 0 Å². The molecule has 0 fully saturated rings. The van der Waals surface area contributed by atoms with Crippen LogP contribution < -0.4 is 5.73 Å². The first-order valence-electron chi connectivity index (χ1n) is 3.49. The van der Waals surface area contributed by atoms with Crippen LogP contribution >= 0.6 is 24.0 Å². The van der Waals surface area contributed by atoms with E-state index in [9.17, 15) is 4.39 Å². The quantitative estimate of drug-likeness (QED) is 0.764. The van der Waals surface area contributed by atoms with Crippen molar-refractivity contribution >= 4 is 24.0 Å². The van der Waals surface area contributed by atoms with Crippen molar-refractivity contribution in [3.05, 3.63) is 47.3 Å². The van der Waals surface area contributed by atoms with Crippen LogP contribution in [0, 0.1) is 5.82 Å². The zero-order chi connectivity index (χ0) is 9.14. The summed E-state index contributed by atoms with van der Waals surface area (Å²) in [5.74, 6) is -0.466. The largest absolute Gasteiger partial charge is 0.321 e. The molecule has 0 heterocycles. The molecule has 0 aliphatic carbocycles. The number of hydrogen-bond donors (Lipinski definition) is 1. The first-order valence-corrected chi connectivity index (χ1v) is 3.86. The van der Waals surface area contributed by atoms with Crippen molar-refractivity contribution in [1.82, 2.24) is 0 Å². The van der Waals surface area contributed by atoms with Gasteiger partial charge in [0.15, 0.2) is 0 Å². The molecule has 72 valence electrons. The molecule has 1 atom stereocenters. The molecule has 2 N–H and O–H groups in total. The fourth-order valence-electron chi connectivity index (χ4n) is 0.905. The maximum atomic E-state index is 13.2. The second kappa shape index (κ2) is 5.22. The molecule has 1 aromatic rings. The van der Waals surface area contributed by atoms with E-state index in [0.29, 0.717) is 5.56 Å². The van der Waals surface area contributed by atoms with Crippen LogP contribution in [0.5, 0.6) is 0 Å². The zero-order valence-corrected chi connectivity index (χ0v) is 8.41. The first-order chi connectivity index (χ1) is 5.66. The monoisotopic (exact) mass is 221 g/mol. The molecule has 4 heteroatoms. The minimum absolute atomic E-state index is 0. The van der Waals surface area contributed by atoms with Gasteiger partial charge in [-0.1, -0.05) is 29.8 Å². The predicted molar refractivity (Wildman–Crippen MR) is 55.8 cm³/mol. The summed E-state index contributed by atoms with van der Waals surface area (Å²) in [4.78, 5) is 0. The van der Waals surface area contributed by atoms with Crippen molar-refractivity contribution in [2.75, 3.05) is 0 Å². The summed E-state index contributed by atoms with van der Waals surface area (Å²) >= 11 is 5.55. The molecule has 1 nitrogen and oxygen atoms in total. The van der Waals surface area contributed by atoms with Crippen molar-refractivity contribution in [3.8, 4) is 0 Å². The number of benzene rings is 1. The van der Waals surface area contributed by atoms with Gasteiger partial charge in [-0.3, -0.25) is 0 Å². The number of hydrogen-bond acceptors (Lipinski definition) is 1. The Morgan fingerprint density at radius 2 is 2.15 bits per heavy atom. The fourth-order valence-corrected chi connectivity index (χ4v) is 1.09. The van der Waals surface area contributed by atoms with Crippen LogP contribution in [0.3, 0.4) is 0 Å². The van der Waals surface area contributed by atoms with Gasteiger partial charge in [-0.15, -0.1) is 19.0 Å². The van der Waals surface area contributed by atoms with Gasteiger partial charge in [0.2, 0.25) is 0 Å². The van der Waals surface area contributed by atoms with E-state index in [1.807, 2.05) is 0 Å². The first kappa shape index (κ1) is 12.4. The van der Waals surface area contributed by atoms with E-state index in [4.69, 9.17) is 17.3 Å². The van der Waals surface area contributed by atoms with Crippen LogP contribution in [-0.4, -0.2) is 0 Å². The highest BCUT2D eigenvalue weighted by Crippen LogP contribution is 2.22. The highest BCUT2D eigenvalue weighted by Gasteiger charge is 2.09. The normalized spacial score (nSPS) is 11.6. The van der Waals surface area contributed by atoms with Gasteiger partial charge in [0.25, 0.3) is 0 Å². The van der Waals surface area contributed by atoms with E-state index in [1.54, 1.807) is 12.1 Å². The van der Waals surface area contributed by atoms with Gasteiger partial charge in [0.05, 0.1) is 11.1 Å². The Morgan fingerprint density at radius 3 is 2.69 bits per heavy atom. The van der Waals surface area contributed by atoms with Crippen molar-refractivity contribution in [1.29, 1.82) is 0 Å². The topological polar surface area (TPSA) is 26.0 Å². The standard InChI is InChI=1S/C9H9ClFN.ClH/c1-2-8(12)6-4-3-5-7(10)9(6)11;/h2-5,8H,1,12H2;1H/t8-;/m1./s1. The predicted octanol–water partition coefficient (Wildman–Crippen LogP) is 3.09. The number of halogens is 3. The smallest absolute Gasteiger partial charge is 0.146 e. The summed E-state index contributed by atoms with van der Waals surface area (Å²) in [7, 11) is 0. The molecule has 1 rings (SSSR count).